The molecule has 0 aliphatic rings. The lowest BCUT2D eigenvalue weighted by Gasteiger charge is -2.25. The van der Waals surface area contributed by atoms with Crippen LogP contribution in [0.2, 0.25) is 0 Å². The number of ether oxygens (including phenoxy) is 1. The SMILES string of the molecule is CC(C)(Cc1ccccc1)OC(=O)n1ccnc1. The molecule has 1 aromatic heterocycles. The minimum Gasteiger partial charge on any atom is -0.443 e. The summed E-state index contributed by atoms with van der Waals surface area (Å²) in [6.45, 7) is 3.80. The van der Waals surface area contributed by atoms with E-state index in [-0.39, 0.29) is 0 Å². The average Bonchev–Trinajstić information content (AvgIpc) is 2.82. The predicted molar refractivity (Wildman–Crippen MR) is 68.3 cm³/mol. The molecular formula is C14H16N2O2. The summed E-state index contributed by atoms with van der Waals surface area (Å²) < 4.78 is 6.80. The Morgan fingerprint density at radius 3 is 2.67 bits per heavy atom. The van der Waals surface area contributed by atoms with Crippen LogP contribution in [0, 0.1) is 0 Å². The Labute approximate surface area is 106 Å². The Kier molecular flexibility index (Phi) is 3.46. The molecule has 0 aliphatic heterocycles. The minimum atomic E-state index is -0.553. The van der Waals surface area contributed by atoms with Crippen LogP contribution in [0.1, 0.15) is 19.4 Å². The number of carbonyl (C=O) groups is 1. The molecule has 0 unspecified atom stereocenters. The fourth-order valence-corrected chi connectivity index (χ4v) is 1.78. The largest absolute Gasteiger partial charge is 0.443 e. The Morgan fingerprint density at radius 2 is 2.06 bits per heavy atom. The van der Waals surface area contributed by atoms with Gasteiger partial charge in [-0.1, -0.05) is 30.3 Å². The van der Waals surface area contributed by atoms with Crippen molar-refractivity contribution in [1.82, 2.24) is 9.55 Å². The number of benzene rings is 1. The molecule has 0 amide bonds. The van der Waals surface area contributed by atoms with Crippen molar-refractivity contribution < 1.29 is 9.53 Å². The van der Waals surface area contributed by atoms with Crippen LogP contribution < -0.4 is 0 Å². The van der Waals surface area contributed by atoms with Gasteiger partial charge in [0, 0.05) is 18.8 Å². The minimum absolute atomic E-state index is 0.409. The molecule has 0 saturated heterocycles. The maximum Gasteiger partial charge on any atom is 0.419 e. The first-order valence-electron chi connectivity index (χ1n) is 5.82. The highest BCUT2D eigenvalue weighted by molar-refractivity contribution is 5.70. The third-order valence-corrected chi connectivity index (χ3v) is 2.55. The zero-order valence-corrected chi connectivity index (χ0v) is 10.5. The van der Waals surface area contributed by atoms with Crippen LogP contribution in [0.15, 0.2) is 49.1 Å². The molecule has 1 aromatic carbocycles. The maximum atomic E-state index is 11.8. The fourth-order valence-electron chi connectivity index (χ4n) is 1.78. The Bertz CT molecular complexity index is 504. The van der Waals surface area contributed by atoms with Gasteiger partial charge in [-0.3, -0.25) is 0 Å². The van der Waals surface area contributed by atoms with Crippen LogP contribution in [-0.2, 0) is 11.2 Å². The molecule has 4 heteroatoms. The quantitative estimate of drug-likeness (QED) is 0.833. The third-order valence-electron chi connectivity index (χ3n) is 2.55. The molecule has 0 aliphatic carbocycles. The lowest BCUT2D eigenvalue weighted by Crippen LogP contribution is -2.32. The van der Waals surface area contributed by atoms with Crippen molar-refractivity contribution in [1.29, 1.82) is 0 Å². The van der Waals surface area contributed by atoms with Gasteiger partial charge < -0.3 is 4.74 Å². The summed E-state index contributed by atoms with van der Waals surface area (Å²) in [5, 5.41) is 0. The summed E-state index contributed by atoms with van der Waals surface area (Å²) >= 11 is 0. The van der Waals surface area contributed by atoms with Gasteiger partial charge in [0.1, 0.15) is 11.9 Å². The standard InChI is InChI=1S/C14H16N2O2/c1-14(2,10-12-6-4-3-5-7-12)18-13(17)16-9-8-15-11-16/h3-9,11H,10H2,1-2H3. The molecule has 0 N–H and O–H groups in total. The van der Waals surface area contributed by atoms with E-state index in [1.54, 1.807) is 12.4 Å². The average molecular weight is 244 g/mol. The van der Waals surface area contributed by atoms with E-state index in [0.717, 1.165) is 5.56 Å². The van der Waals surface area contributed by atoms with Crippen molar-refractivity contribution in [2.45, 2.75) is 25.9 Å². The summed E-state index contributed by atoms with van der Waals surface area (Å²) in [5.74, 6) is 0. The predicted octanol–water partition coefficient (Wildman–Crippen LogP) is 2.89. The van der Waals surface area contributed by atoms with Gasteiger partial charge in [-0.05, 0) is 19.4 Å². The van der Waals surface area contributed by atoms with E-state index in [1.165, 1.54) is 10.9 Å². The molecule has 0 saturated carbocycles. The third kappa shape index (κ3) is 3.20. The molecule has 0 atom stereocenters. The van der Waals surface area contributed by atoms with Crippen LogP contribution in [0.5, 0.6) is 0 Å². The highest BCUT2D eigenvalue weighted by Crippen LogP contribution is 2.17. The van der Waals surface area contributed by atoms with Crippen LogP contribution in [0.4, 0.5) is 4.79 Å². The van der Waals surface area contributed by atoms with Crippen LogP contribution in [0.25, 0.3) is 0 Å². The van der Waals surface area contributed by atoms with Crippen molar-refractivity contribution in [2.24, 2.45) is 0 Å². The second-order valence-electron chi connectivity index (χ2n) is 4.76. The molecule has 0 bridgehead atoms. The van der Waals surface area contributed by atoms with Gasteiger partial charge in [0.25, 0.3) is 0 Å². The molecule has 2 aromatic rings. The van der Waals surface area contributed by atoms with Gasteiger partial charge in [0.15, 0.2) is 0 Å². The van der Waals surface area contributed by atoms with E-state index >= 15 is 0 Å². The lowest BCUT2D eigenvalue weighted by atomic mass is 9.98. The Hall–Kier alpha value is -2.10. The summed E-state index contributed by atoms with van der Waals surface area (Å²) in [6, 6.07) is 9.96. The number of hydrogen-bond donors (Lipinski definition) is 0. The summed E-state index contributed by atoms with van der Waals surface area (Å²) in [4.78, 5) is 15.6. The molecule has 94 valence electrons. The zero-order valence-electron chi connectivity index (χ0n) is 10.5. The van der Waals surface area contributed by atoms with Crippen LogP contribution >= 0.6 is 0 Å². The van der Waals surface area contributed by atoms with E-state index in [9.17, 15) is 4.79 Å². The maximum absolute atomic E-state index is 11.8. The summed E-state index contributed by atoms with van der Waals surface area (Å²) in [6.07, 6.45) is 4.81. The van der Waals surface area contributed by atoms with E-state index < -0.39 is 11.7 Å². The smallest absolute Gasteiger partial charge is 0.419 e. The van der Waals surface area contributed by atoms with Gasteiger partial charge in [-0.2, -0.15) is 0 Å². The number of hydrogen-bond acceptors (Lipinski definition) is 3. The monoisotopic (exact) mass is 244 g/mol. The van der Waals surface area contributed by atoms with Crippen molar-refractivity contribution in [2.75, 3.05) is 0 Å². The number of imidazole rings is 1. The van der Waals surface area contributed by atoms with Gasteiger partial charge in [-0.15, -0.1) is 0 Å². The number of aromatic nitrogens is 2. The highest BCUT2D eigenvalue weighted by atomic mass is 16.6. The molecule has 0 spiro atoms. The molecule has 0 radical (unpaired) electrons. The van der Waals surface area contributed by atoms with Gasteiger partial charge >= 0.3 is 6.09 Å². The van der Waals surface area contributed by atoms with E-state index in [0.29, 0.717) is 6.42 Å². The fraction of sp³-hybridized carbons (Fsp3) is 0.286. The van der Waals surface area contributed by atoms with Crippen LogP contribution in [0.3, 0.4) is 0 Å². The molecule has 1 heterocycles. The first-order chi connectivity index (χ1) is 8.57. The Balaban J connectivity index is 2.01. The van der Waals surface area contributed by atoms with Crippen molar-refractivity contribution in [3.05, 3.63) is 54.6 Å². The normalized spacial score (nSPS) is 11.2. The molecule has 2 rings (SSSR count). The van der Waals surface area contributed by atoms with Gasteiger partial charge in [0.05, 0.1) is 0 Å². The number of rotatable bonds is 3. The van der Waals surface area contributed by atoms with E-state index in [1.807, 2.05) is 44.2 Å². The first-order valence-corrected chi connectivity index (χ1v) is 5.82. The highest BCUT2D eigenvalue weighted by Gasteiger charge is 2.24. The molecule has 0 fully saturated rings. The lowest BCUT2D eigenvalue weighted by molar-refractivity contribution is 0.0402. The summed E-state index contributed by atoms with van der Waals surface area (Å²) in [7, 11) is 0. The van der Waals surface area contributed by atoms with E-state index in [4.69, 9.17) is 4.74 Å². The molecule has 18 heavy (non-hydrogen) atoms. The van der Waals surface area contributed by atoms with Crippen LogP contribution in [-0.4, -0.2) is 21.2 Å². The van der Waals surface area contributed by atoms with Crippen molar-refractivity contribution in [3.63, 3.8) is 0 Å². The van der Waals surface area contributed by atoms with Gasteiger partial charge in [0.2, 0.25) is 0 Å². The topological polar surface area (TPSA) is 44.1 Å². The van der Waals surface area contributed by atoms with E-state index in [2.05, 4.69) is 4.98 Å². The number of nitrogens with zero attached hydrogens (tertiary/aromatic N) is 2. The Morgan fingerprint density at radius 1 is 1.33 bits per heavy atom. The molecule has 4 nitrogen and oxygen atoms in total. The number of carbonyl (C=O) groups excluding carboxylic acids is 1. The summed E-state index contributed by atoms with van der Waals surface area (Å²) in [5.41, 5.74) is 0.587. The molecular weight excluding hydrogens is 228 g/mol. The second kappa shape index (κ2) is 5.04. The zero-order chi connectivity index (χ0) is 13.0. The van der Waals surface area contributed by atoms with Crippen molar-refractivity contribution in [3.8, 4) is 0 Å². The second-order valence-corrected chi connectivity index (χ2v) is 4.76. The van der Waals surface area contributed by atoms with Crippen molar-refractivity contribution >= 4 is 6.09 Å². The first kappa shape index (κ1) is 12.4. The van der Waals surface area contributed by atoms with Gasteiger partial charge in [-0.25, -0.2) is 14.3 Å².